The van der Waals surface area contributed by atoms with E-state index in [-0.39, 0.29) is 12.5 Å². The second kappa shape index (κ2) is 9.91. The lowest BCUT2D eigenvalue weighted by Gasteiger charge is -2.38. The number of rotatable bonds is 3. The molecule has 3 N–H and O–H groups in total. The monoisotopic (exact) mass is 468 g/mol. The largest absolute Gasteiger partial charge is 0.494 e. The Balaban J connectivity index is 0.000000868. The van der Waals surface area contributed by atoms with E-state index in [1.54, 1.807) is 35.0 Å². The molecule has 1 saturated heterocycles. The molecule has 5 heterocycles. The van der Waals surface area contributed by atoms with Gasteiger partial charge >= 0.3 is 6.03 Å². The van der Waals surface area contributed by atoms with Gasteiger partial charge in [-0.15, -0.1) is 0 Å². The quantitative estimate of drug-likeness (QED) is 0.490. The number of fused-ring (bicyclic) bond motifs is 2. The second-order valence-corrected chi connectivity index (χ2v) is 8.26. The van der Waals surface area contributed by atoms with Crippen LogP contribution in [-0.2, 0) is 11.2 Å². The molecule has 0 spiro atoms. The van der Waals surface area contributed by atoms with Crippen molar-refractivity contribution in [2.24, 2.45) is 0 Å². The van der Waals surface area contributed by atoms with E-state index < -0.39 is 0 Å². The molecule has 0 unspecified atom stereocenters. The Morgan fingerprint density at radius 1 is 1.29 bits per heavy atom. The highest BCUT2D eigenvalue weighted by Gasteiger charge is 2.31. The van der Waals surface area contributed by atoms with Crippen LogP contribution in [0.25, 0.3) is 5.65 Å². The highest BCUT2D eigenvalue weighted by atomic mass is 16.5. The lowest BCUT2D eigenvalue weighted by atomic mass is 10.1. The molecule has 3 aromatic heterocycles. The molecule has 3 aromatic rings. The number of piperazine rings is 1. The van der Waals surface area contributed by atoms with Crippen molar-refractivity contribution in [3.8, 4) is 5.75 Å². The Bertz CT molecular complexity index is 1170. The Morgan fingerprint density at radius 3 is 2.74 bits per heavy atom. The average Bonchev–Trinajstić information content (AvgIpc) is 3.44. The lowest BCUT2D eigenvalue weighted by Crippen LogP contribution is -2.54. The topological polar surface area (TPSA) is 137 Å². The third-order valence-electron chi connectivity index (χ3n) is 5.83. The van der Waals surface area contributed by atoms with Crippen molar-refractivity contribution in [3.63, 3.8) is 0 Å². The fourth-order valence-electron chi connectivity index (χ4n) is 4.58. The van der Waals surface area contributed by atoms with Crippen molar-refractivity contribution in [3.05, 3.63) is 36.4 Å². The van der Waals surface area contributed by atoms with Gasteiger partial charge in [-0.1, -0.05) is 0 Å². The standard InChI is InChI=1S/C21H26N8O2.CH2O2/c1-13-9-27(10-14(2)25-13)17-4-6-22-20-15(17)5-7-28(20)21(30)26-16-11-29-19(23-12-24-29)8-18(16)31-3;2-1-3/h4,6,8,11-14,25H,5,7,9-10H2,1-3H3,(H,26,30);1H,(H,2,3)/t13-,14+;. The van der Waals surface area contributed by atoms with Crippen molar-refractivity contribution < 1.29 is 19.4 Å². The summed E-state index contributed by atoms with van der Waals surface area (Å²) in [6, 6.07) is 4.37. The molecular weight excluding hydrogens is 440 g/mol. The van der Waals surface area contributed by atoms with E-state index in [2.05, 4.69) is 50.5 Å². The number of carbonyl (C=O) groups excluding carboxylic acids is 1. The summed E-state index contributed by atoms with van der Waals surface area (Å²) in [4.78, 5) is 34.3. The van der Waals surface area contributed by atoms with Gasteiger partial charge in [0, 0.05) is 55.2 Å². The van der Waals surface area contributed by atoms with Gasteiger partial charge in [-0.2, -0.15) is 5.10 Å². The number of anilines is 3. The maximum absolute atomic E-state index is 13.2. The van der Waals surface area contributed by atoms with Crippen LogP contribution >= 0.6 is 0 Å². The molecule has 0 aliphatic carbocycles. The number of nitrogens with zero attached hydrogens (tertiary/aromatic N) is 6. The number of pyridine rings is 2. The Labute approximate surface area is 196 Å². The van der Waals surface area contributed by atoms with Crippen LogP contribution in [0.1, 0.15) is 19.4 Å². The smallest absolute Gasteiger partial charge is 0.327 e. The third-order valence-corrected chi connectivity index (χ3v) is 5.83. The van der Waals surface area contributed by atoms with E-state index >= 15 is 0 Å². The third kappa shape index (κ3) is 4.57. The summed E-state index contributed by atoms with van der Waals surface area (Å²) < 4.78 is 7.03. The maximum Gasteiger partial charge on any atom is 0.327 e. The number of hydrogen-bond acceptors (Lipinski definition) is 8. The molecule has 2 aliphatic rings. The first-order valence-corrected chi connectivity index (χ1v) is 11.0. The highest BCUT2D eigenvalue weighted by molar-refractivity contribution is 6.03. The van der Waals surface area contributed by atoms with Crippen LogP contribution in [0, 0.1) is 0 Å². The molecule has 12 heteroatoms. The van der Waals surface area contributed by atoms with Crippen LogP contribution < -0.4 is 25.2 Å². The number of carbonyl (C=O) groups is 2. The maximum atomic E-state index is 13.2. The molecule has 180 valence electrons. The highest BCUT2D eigenvalue weighted by Crippen LogP contribution is 2.35. The number of amides is 2. The van der Waals surface area contributed by atoms with Gasteiger partial charge in [-0.25, -0.2) is 19.3 Å². The second-order valence-electron chi connectivity index (χ2n) is 8.26. The van der Waals surface area contributed by atoms with E-state index in [4.69, 9.17) is 14.6 Å². The summed E-state index contributed by atoms with van der Waals surface area (Å²) >= 11 is 0. The van der Waals surface area contributed by atoms with Crippen LogP contribution in [0.3, 0.4) is 0 Å². The minimum Gasteiger partial charge on any atom is -0.494 e. The summed E-state index contributed by atoms with van der Waals surface area (Å²) in [6.07, 6.45) is 5.72. The zero-order chi connectivity index (χ0) is 24.2. The number of hydrogen-bond donors (Lipinski definition) is 3. The fraction of sp³-hybridized carbons (Fsp3) is 0.409. The summed E-state index contributed by atoms with van der Waals surface area (Å²) in [5.41, 5.74) is 3.46. The number of nitrogens with one attached hydrogen (secondary N) is 2. The molecular formula is C22H28N8O4. The van der Waals surface area contributed by atoms with Crippen LogP contribution in [0.15, 0.2) is 30.9 Å². The average molecular weight is 469 g/mol. The van der Waals surface area contributed by atoms with Crippen LogP contribution in [0.4, 0.5) is 22.0 Å². The number of ether oxygens (including phenoxy) is 1. The number of aromatic nitrogens is 4. The van der Waals surface area contributed by atoms with Gasteiger partial charge < -0.3 is 25.4 Å². The first-order chi connectivity index (χ1) is 16.4. The van der Waals surface area contributed by atoms with Gasteiger partial charge in [0.15, 0.2) is 5.65 Å². The van der Waals surface area contributed by atoms with E-state index in [0.29, 0.717) is 35.7 Å². The van der Waals surface area contributed by atoms with Gasteiger partial charge in [0.2, 0.25) is 0 Å². The molecule has 2 aliphatic heterocycles. The zero-order valence-corrected chi connectivity index (χ0v) is 19.3. The van der Waals surface area contributed by atoms with Crippen LogP contribution in [-0.4, -0.2) is 76.0 Å². The molecule has 0 aromatic carbocycles. The van der Waals surface area contributed by atoms with Gasteiger partial charge in [-0.3, -0.25) is 9.69 Å². The van der Waals surface area contributed by atoms with Crippen molar-refractivity contribution in [1.29, 1.82) is 0 Å². The Morgan fingerprint density at radius 2 is 2.03 bits per heavy atom. The fourth-order valence-corrected chi connectivity index (χ4v) is 4.58. The van der Waals surface area contributed by atoms with Gasteiger partial charge in [0.05, 0.1) is 13.3 Å². The molecule has 12 nitrogen and oxygen atoms in total. The molecule has 1 fully saturated rings. The first kappa shape index (κ1) is 23.2. The van der Waals surface area contributed by atoms with Crippen molar-refractivity contribution in [2.45, 2.75) is 32.4 Å². The minimum absolute atomic E-state index is 0.247. The first-order valence-electron chi connectivity index (χ1n) is 11.0. The molecule has 2 amide bonds. The van der Waals surface area contributed by atoms with Crippen molar-refractivity contribution in [1.82, 2.24) is 24.9 Å². The molecule has 2 atom stereocenters. The zero-order valence-electron chi connectivity index (χ0n) is 19.3. The predicted octanol–water partition coefficient (Wildman–Crippen LogP) is 1.61. The van der Waals surface area contributed by atoms with E-state index in [1.807, 2.05) is 0 Å². The van der Waals surface area contributed by atoms with Crippen molar-refractivity contribution >= 4 is 35.3 Å². The SMILES string of the molecule is COc1cc2ncnn2cc1NC(=O)N1CCc2c(N3C[C@@H](C)N[C@@H](C)C3)ccnc21.O=CO. The predicted molar refractivity (Wildman–Crippen MR) is 127 cm³/mol. The summed E-state index contributed by atoms with van der Waals surface area (Å²) in [6.45, 7) is 6.59. The van der Waals surface area contributed by atoms with Gasteiger partial charge in [0.25, 0.3) is 6.47 Å². The minimum atomic E-state index is -0.250. The summed E-state index contributed by atoms with van der Waals surface area (Å²) in [7, 11) is 1.56. The Hall–Kier alpha value is -3.93. The molecule has 0 radical (unpaired) electrons. The molecule has 34 heavy (non-hydrogen) atoms. The van der Waals surface area contributed by atoms with Crippen LogP contribution in [0.5, 0.6) is 5.75 Å². The van der Waals surface area contributed by atoms with Crippen LogP contribution in [0.2, 0.25) is 0 Å². The number of urea groups is 1. The molecule has 0 saturated carbocycles. The molecule has 0 bridgehead atoms. The van der Waals surface area contributed by atoms with Crippen molar-refractivity contribution in [2.75, 3.05) is 41.9 Å². The Kier molecular flexibility index (Phi) is 6.77. The molecule has 5 rings (SSSR count). The summed E-state index contributed by atoms with van der Waals surface area (Å²) in [5, 5.41) is 17.5. The van der Waals surface area contributed by atoms with Gasteiger partial charge in [-0.05, 0) is 26.3 Å². The lowest BCUT2D eigenvalue weighted by molar-refractivity contribution is -0.122. The number of methoxy groups -OCH3 is 1. The normalized spacial score (nSPS) is 19.3. The summed E-state index contributed by atoms with van der Waals surface area (Å²) in [5.74, 6) is 1.24. The number of carboxylic acid groups (broad SMARTS) is 1. The van der Waals surface area contributed by atoms with Gasteiger partial charge in [0.1, 0.15) is 23.6 Å². The van der Waals surface area contributed by atoms with E-state index in [0.717, 1.165) is 30.9 Å². The van der Waals surface area contributed by atoms with E-state index in [1.165, 1.54) is 12.0 Å². The van der Waals surface area contributed by atoms with E-state index in [9.17, 15) is 4.79 Å².